The predicted octanol–water partition coefficient (Wildman–Crippen LogP) is 3.47. The zero-order valence-electron chi connectivity index (χ0n) is 10.9. The van der Waals surface area contributed by atoms with Gasteiger partial charge in [0, 0.05) is 11.6 Å². The van der Waals surface area contributed by atoms with E-state index in [0.29, 0.717) is 11.5 Å². The van der Waals surface area contributed by atoms with Crippen LogP contribution in [0, 0.1) is 5.82 Å². The van der Waals surface area contributed by atoms with Crippen molar-refractivity contribution in [3.05, 3.63) is 64.9 Å². The molecule has 1 amide bonds. The van der Waals surface area contributed by atoms with Crippen molar-refractivity contribution in [2.24, 2.45) is 0 Å². The maximum absolute atomic E-state index is 13.0. The molecule has 0 saturated heterocycles. The van der Waals surface area contributed by atoms with Crippen LogP contribution in [-0.2, 0) is 6.54 Å². The Morgan fingerprint density at radius 1 is 1.29 bits per heavy atom. The van der Waals surface area contributed by atoms with Crippen LogP contribution in [0.5, 0.6) is 0 Å². The molecule has 0 radical (unpaired) electrons. The maximum Gasteiger partial charge on any atom is 0.251 e. The fraction of sp³-hybridized carbons (Fsp3) is 0.0667. The van der Waals surface area contributed by atoms with E-state index in [9.17, 15) is 9.18 Å². The first kappa shape index (κ1) is 13.5. The second-order valence-electron chi connectivity index (χ2n) is 4.35. The van der Waals surface area contributed by atoms with E-state index in [0.717, 1.165) is 4.88 Å². The molecule has 1 aromatic carbocycles. The first-order valence-corrected chi connectivity index (χ1v) is 7.13. The predicted molar refractivity (Wildman–Crippen MR) is 77.4 cm³/mol. The molecule has 2 heterocycles. The third-order valence-electron chi connectivity index (χ3n) is 2.84. The molecule has 0 atom stereocenters. The van der Waals surface area contributed by atoms with E-state index in [-0.39, 0.29) is 18.0 Å². The van der Waals surface area contributed by atoms with Crippen molar-refractivity contribution in [2.45, 2.75) is 6.54 Å². The van der Waals surface area contributed by atoms with Gasteiger partial charge in [-0.2, -0.15) is 0 Å². The standard InChI is InChI=1S/C15H11FN2O2S/c16-11-4-1-3-10(7-11)15(19)17-9-12-8-13(20-18-12)14-5-2-6-21-14/h1-8H,9H2,(H,17,19). The number of hydrogen-bond donors (Lipinski definition) is 1. The molecule has 21 heavy (non-hydrogen) atoms. The lowest BCUT2D eigenvalue weighted by Crippen LogP contribution is -2.22. The van der Waals surface area contributed by atoms with E-state index in [1.807, 2.05) is 17.5 Å². The highest BCUT2D eigenvalue weighted by molar-refractivity contribution is 7.13. The molecule has 0 fully saturated rings. The Bertz CT molecular complexity index is 753. The molecule has 3 rings (SSSR count). The molecular weight excluding hydrogens is 291 g/mol. The minimum absolute atomic E-state index is 0.226. The summed E-state index contributed by atoms with van der Waals surface area (Å²) < 4.78 is 18.3. The molecule has 6 heteroatoms. The average molecular weight is 302 g/mol. The first-order chi connectivity index (χ1) is 10.2. The normalized spacial score (nSPS) is 10.5. The minimum Gasteiger partial charge on any atom is -0.355 e. The number of halogens is 1. The summed E-state index contributed by atoms with van der Waals surface area (Å²) in [5.74, 6) is -0.126. The Morgan fingerprint density at radius 3 is 2.95 bits per heavy atom. The zero-order valence-corrected chi connectivity index (χ0v) is 11.7. The van der Waals surface area contributed by atoms with Gasteiger partial charge in [0.2, 0.25) is 0 Å². The van der Waals surface area contributed by atoms with Gasteiger partial charge in [-0.3, -0.25) is 4.79 Å². The number of thiophene rings is 1. The van der Waals surface area contributed by atoms with E-state index >= 15 is 0 Å². The summed E-state index contributed by atoms with van der Waals surface area (Å²) in [5, 5.41) is 8.52. The topological polar surface area (TPSA) is 55.1 Å². The first-order valence-electron chi connectivity index (χ1n) is 6.25. The quantitative estimate of drug-likeness (QED) is 0.803. The zero-order chi connectivity index (χ0) is 14.7. The molecule has 0 aliphatic heterocycles. The molecule has 0 bridgehead atoms. The molecular formula is C15H11FN2O2S. The Labute approximate surface area is 124 Å². The Hall–Kier alpha value is -2.47. The number of rotatable bonds is 4. The molecule has 2 aromatic heterocycles. The van der Waals surface area contributed by atoms with Crippen molar-refractivity contribution < 1.29 is 13.7 Å². The van der Waals surface area contributed by atoms with Crippen molar-refractivity contribution in [3.8, 4) is 10.6 Å². The van der Waals surface area contributed by atoms with Gasteiger partial charge < -0.3 is 9.84 Å². The van der Waals surface area contributed by atoms with Crippen molar-refractivity contribution in [1.82, 2.24) is 10.5 Å². The van der Waals surface area contributed by atoms with Crippen LogP contribution in [0.15, 0.2) is 52.4 Å². The summed E-state index contributed by atoms with van der Waals surface area (Å²) in [7, 11) is 0. The third-order valence-corrected chi connectivity index (χ3v) is 3.72. The molecule has 4 nitrogen and oxygen atoms in total. The van der Waals surface area contributed by atoms with E-state index in [4.69, 9.17) is 4.52 Å². The number of carbonyl (C=O) groups is 1. The number of nitrogens with zero attached hydrogens (tertiary/aromatic N) is 1. The smallest absolute Gasteiger partial charge is 0.251 e. The van der Waals surface area contributed by atoms with Crippen molar-refractivity contribution in [3.63, 3.8) is 0 Å². The second kappa shape index (κ2) is 5.88. The van der Waals surface area contributed by atoms with Gasteiger partial charge in [0.05, 0.1) is 11.4 Å². The average Bonchev–Trinajstić information content (AvgIpc) is 3.15. The van der Waals surface area contributed by atoms with Crippen molar-refractivity contribution in [2.75, 3.05) is 0 Å². The number of hydrogen-bond acceptors (Lipinski definition) is 4. The summed E-state index contributed by atoms with van der Waals surface area (Å²) in [6.07, 6.45) is 0. The lowest BCUT2D eigenvalue weighted by atomic mass is 10.2. The van der Waals surface area contributed by atoms with Crippen LogP contribution in [0.25, 0.3) is 10.6 Å². The number of benzene rings is 1. The second-order valence-corrected chi connectivity index (χ2v) is 5.30. The molecule has 1 N–H and O–H groups in total. The highest BCUT2D eigenvalue weighted by atomic mass is 32.1. The van der Waals surface area contributed by atoms with Gasteiger partial charge in [0.25, 0.3) is 5.91 Å². The summed E-state index contributed by atoms with van der Waals surface area (Å²) in [4.78, 5) is 12.8. The molecule has 106 valence electrons. The van der Waals surface area contributed by atoms with Crippen LogP contribution in [0.2, 0.25) is 0 Å². The third kappa shape index (κ3) is 3.17. The van der Waals surface area contributed by atoms with E-state index in [1.54, 1.807) is 23.5 Å². The molecule has 0 unspecified atom stereocenters. The van der Waals surface area contributed by atoms with Crippen LogP contribution in [-0.4, -0.2) is 11.1 Å². The monoisotopic (exact) mass is 302 g/mol. The van der Waals surface area contributed by atoms with Crippen LogP contribution in [0.1, 0.15) is 16.1 Å². The number of carbonyl (C=O) groups excluding carboxylic acids is 1. The summed E-state index contributed by atoms with van der Waals surface area (Å²) >= 11 is 1.55. The Balaban J connectivity index is 1.64. The highest BCUT2D eigenvalue weighted by Gasteiger charge is 2.10. The number of aromatic nitrogens is 1. The summed E-state index contributed by atoms with van der Waals surface area (Å²) in [5.41, 5.74) is 0.889. The fourth-order valence-electron chi connectivity index (χ4n) is 1.83. The van der Waals surface area contributed by atoms with Gasteiger partial charge in [0.15, 0.2) is 5.76 Å². The van der Waals surface area contributed by atoms with Crippen LogP contribution in [0.3, 0.4) is 0 Å². The largest absolute Gasteiger partial charge is 0.355 e. The van der Waals surface area contributed by atoms with Crippen LogP contribution in [0.4, 0.5) is 4.39 Å². The van der Waals surface area contributed by atoms with Gasteiger partial charge in [0.1, 0.15) is 11.5 Å². The molecule has 3 aromatic rings. The number of nitrogens with one attached hydrogen (secondary N) is 1. The lowest BCUT2D eigenvalue weighted by molar-refractivity contribution is 0.0949. The number of amides is 1. The van der Waals surface area contributed by atoms with Crippen LogP contribution < -0.4 is 5.32 Å². The molecule has 0 saturated carbocycles. The van der Waals surface area contributed by atoms with E-state index in [1.165, 1.54) is 18.2 Å². The molecule has 0 aliphatic rings. The SMILES string of the molecule is O=C(NCc1cc(-c2cccs2)on1)c1cccc(F)c1. The Morgan fingerprint density at radius 2 is 2.19 bits per heavy atom. The van der Waals surface area contributed by atoms with Gasteiger partial charge >= 0.3 is 0 Å². The van der Waals surface area contributed by atoms with Gasteiger partial charge in [-0.15, -0.1) is 11.3 Å². The van der Waals surface area contributed by atoms with Crippen molar-refractivity contribution >= 4 is 17.2 Å². The van der Waals surface area contributed by atoms with Crippen LogP contribution >= 0.6 is 11.3 Å². The minimum atomic E-state index is -0.441. The van der Waals surface area contributed by atoms with E-state index in [2.05, 4.69) is 10.5 Å². The lowest BCUT2D eigenvalue weighted by Gasteiger charge is -2.02. The highest BCUT2D eigenvalue weighted by Crippen LogP contribution is 2.25. The van der Waals surface area contributed by atoms with E-state index < -0.39 is 5.82 Å². The Kier molecular flexibility index (Phi) is 3.79. The summed E-state index contributed by atoms with van der Waals surface area (Å²) in [6.45, 7) is 0.226. The maximum atomic E-state index is 13.0. The molecule has 0 spiro atoms. The summed E-state index contributed by atoms with van der Waals surface area (Å²) in [6, 6.07) is 11.2. The van der Waals surface area contributed by atoms with Gasteiger partial charge in [-0.1, -0.05) is 17.3 Å². The van der Waals surface area contributed by atoms with Gasteiger partial charge in [-0.25, -0.2) is 4.39 Å². The van der Waals surface area contributed by atoms with Crippen molar-refractivity contribution in [1.29, 1.82) is 0 Å². The fourth-order valence-corrected chi connectivity index (χ4v) is 2.51. The van der Waals surface area contributed by atoms with Gasteiger partial charge in [-0.05, 0) is 29.6 Å². The molecule has 0 aliphatic carbocycles.